The van der Waals surface area contributed by atoms with E-state index in [1.165, 1.54) is 12.1 Å². The third-order valence-corrected chi connectivity index (χ3v) is 1.88. The van der Waals surface area contributed by atoms with Crippen LogP contribution in [0.25, 0.3) is 0 Å². The van der Waals surface area contributed by atoms with Crippen LogP contribution < -0.4 is 4.74 Å². The van der Waals surface area contributed by atoms with E-state index in [1.54, 1.807) is 12.1 Å². The Morgan fingerprint density at radius 2 is 1.88 bits per heavy atom. The van der Waals surface area contributed by atoms with E-state index >= 15 is 0 Å². The van der Waals surface area contributed by atoms with Gasteiger partial charge in [-0.25, -0.2) is 4.39 Å². The standard InChI is InChI=1S/C14H17FO/c1-4-5-14(10-11(2)3)16-13-8-6-12(15)7-9-13/h4-11H,1-3H3/b5-4-,14-10+. The van der Waals surface area contributed by atoms with E-state index in [9.17, 15) is 4.39 Å². The van der Waals surface area contributed by atoms with Gasteiger partial charge in [-0.3, -0.25) is 0 Å². The number of allylic oxidation sites excluding steroid dienone is 3. The van der Waals surface area contributed by atoms with Gasteiger partial charge in [0, 0.05) is 0 Å². The molecule has 1 rings (SSSR count). The lowest BCUT2D eigenvalue weighted by Gasteiger charge is -2.07. The average molecular weight is 220 g/mol. The summed E-state index contributed by atoms with van der Waals surface area (Å²) < 4.78 is 18.3. The van der Waals surface area contributed by atoms with Gasteiger partial charge < -0.3 is 4.74 Å². The fourth-order valence-electron chi connectivity index (χ4n) is 1.26. The Morgan fingerprint density at radius 3 is 2.38 bits per heavy atom. The van der Waals surface area contributed by atoms with Crippen molar-refractivity contribution in [2.24, 2.45) is 5.92 Å². The van der Waals surface area contributed by atoms with Crippen LogP contribution >= 0.6 is 0 Å². The van der Waals surface area contributed by atoms with Gasteiger partial charge in [-0.15, -0.1) is 0 Å². The Balaban J connectivity index is 2.79. The molecule has 0 heterocycles. The maximum Gasteiger partial charge on any atom is 0.127 e. The average Bonchev–Trinajstić information content (AvgIpc) is 2.21. The van der Waals surface area contributed by atoms with Crippen molar-refractivity contribution >= 4 is 0 Å². The summed E-state index contributed by atoms with van der Waals surface area (Å²) in [4.78, 5) is 0. The number of benzene rings is 1. The lowest BCUT2D eigenvalue weighted by atomic mass is 10.2. The molecule has 16 heavy (non-hydrogen) atoms. The van der Waals surface area contributed by atoms with E-state index < -0.39 is 0 Å². The molecule has 0 saturated carbocycles. The molecule has 1 nitrogen and oxygen atoms in total. The van der Waals surface area contributed by atoms with Crippen LogP contribution in [0.15, 0.2) is 48.3 Å². The van der Waals surface area contributed by atoms with Gasteiger partial charge in [-0.2, -0.15) is 0 Å². The molecular weight excluding hydrogens is 203 g/mol. The molecule has 0 aliphatic carbocycles. The van der Waals surface area contributed by atoms with Gasteiger partial charge in [0.15, 0.2) is 0 Å². The van der Waals surface area contributed by atoms with Gasteiger partial charge in [0.05, 0.1) is 0 Å². The highest BCUT2D eigenvalue weighted by Crippen LogP contribution is 2.16. The van der Waals surface area contributed by atoms with Gasteiger partial charge >= 0.3 is 0 Å². The van der Waals surface area contributed by atoms with E-state index in [0.29, 0.717) is 11.7 Å². The highest BCUT2D eigenvalue weighted by Gasteiger charge is 1.99. The zero-order chi connectivity index (χ0) is 12.0. The SMILES string of the molecule is C/C=C\C(=C/C(C)C)Oc1ccc(F)cc1. The second kappa shape index (κ2) is 6.11. The first-order valence-electron chi connectivity index (χ1n) is 5.39. The summed E-state index contributed by atoms with van der Waals surface area (Å²) in [5.41, 5.74) is 0. The zero-order valence-corrected chi connectivity index (χ0v) is 9.91. The monoisotopic (exact) mass is 220 g/mol. The second-order valence-corrected chi connectivity index (χ2v) is 3.87. The van der Waals surface area contributed by atoms with Crippen LogP contribution in [0, 0.1) is 11.7 Å². The van der Waals surface area contributed by atoms with Gasteiger partial charge in [0.2, 0.25) is 0 Å². The third-order valence-electron chi connectivity index (χ3n) is 1.88. The highest BCUT2D eigenvalue weighted by molar-refractivity contribution is 5.27. The number of ether oxygens (including phenoxy) is 1. The summed E-state index contributed by atoms with van der Waals surface area (Å²) >= 11 is 0. The normalized spacial score (nSPS) is 12.4. The van der Waals surface area contributed by atoms with Crippen LogP contribution in [-0.4, -0.2) is 0 Å². The molecule has 1 aromatic carbocycles. The number of rotatable bonds is 4. The summed E-state index contributed by atoms with van der Waals surface area (Å²) in [7, 11) is 0. The molecule has 2 heteroatoms. The maximum atomic E-state index is 12.7. The van der Waals surface area contributed by atoms with Crippen LogP contribution in [0.1, 0.15) is 20.8 Å². The molecule has 0 N–H and O–H groups in total. The summed E-state index contributed by atoms with van der Waals surface area (Å²) in [5.74, 6) is 1.58. The van der Waals surface area contributed by atoms with Crippen molar-refractivity contribution in [1.29, 1.82) is 0 Å². The minimum absolute atomic E-state index is 0.257. The fourth-order valence-corrected chi connectivity index (χ4v) is 1.26. The van der Waals surface area contributed by atoms with E-state index in [2.05, 4.69) is 13.8 Å². The predicted octanol–water partition coefficient (Wildman–Crippen LogP) is 4.32. The Morgan fingerprint density at radius 1 is 1.25 bits per heavy atom. The van der Waals surface area contributed by atoms with Gasteiger partial charge in [-0.05, 0) is 49.3 Å². The van der Waals surface area contributed by atoms with E-state index in [0.717, 1.165) is 5.76 Å². The van der Waals surface area contributed by atoms with Crippen molar-refractivity contribution < 1.29 is 9.13 Å². The van der Waals surface area contributed by atoms with E-state index in [-0.39, 0.29) is 5.82 Å². The molecule has 0 aromatic heterocycles. The molecule has 86 valence electrons. The first kappa shape index (κ1) is 12.5. The molecule has 0 saturated heterocycles. The first-order chi connectivity index (χ1) is 7.61. The molecule has 0 fully saturated rings. The Bertz CT molecular complexity index is 374. The Hall–Kier alpha value is -1.57. The molecule has 0 aliphatic heterocycles. The van der Waals surface area contributed by atoms with Crippen molar-refractivity contribution in [1.82, 2.24) is 0 Å². The smallest absolute Gasteiger partial charge is 0.127 e. The summed E-state index contributed by atoms with van der Waals surface area (Å²) in [6, 6.07) is 6.01. The van der Waals surface area contributed by atoms with Gasteiger partial charge in [0.25, 0.3) is 0 Å². The van der Waals surface area contributed by atoms with Crippen molar-refractivity contribution in [2.45, 2.75) is 20.8 Å². The molecule has 1 aromatic rings. The fraction of sp³-hybridized carbons (Fsp3) is 0.286. The Labute approximate surface area is 96.3 Å². The quantitative estimate of drug-likeness (QED) is 0.542. The van der Waals surface area contributed by atoms with Crippen LogP contribution in [0.3, 0.4) is 0 Å². The number of hydrogen-bond donors (Lipinski definition) is 0. The van der Waals surface area contributed by atoms with Crippen LogP contribution in [0.5, 0.6) is 5.75 Å². The second-order valence-electron chi connectivity index (χ2n) is 3.87. The van der Waals surface area contributed by atoms with Gasteiger partial charge in [0.1, 0.15) is 17.3 Å². The highest BCUT2D eigenvalue weighted by atomic mass is 19.1. The van der Waals surface area contributed by atoms with Crippen molar-refractivity contribution in [3.05, 3.63) is 54.1 Å². The summed E-state index contributed by atoms with van der Waals surface area (Å²) in [6.07, 6.45) is 5.82. The summed E-state index contributed by atoms with van der Waals surface area (Å²) in [6.45, 7) is 6.09. The predicted molar refractivity (Wildman–Crippen MR) is 64.8 cm³/mol. The van der Waals surface area contributed by atoms with E-state index in [1.807, 2.05) is 25.2 Å². The minimum Gasteiger partial charge on any atom is -0.458 e. The number of hydrogen-bond acceptors (Lipinski definition) is 1. The lowest BCUT2D eigenvalue weighted by molar-refractivity contribution is 0.436. The zero-order valence-electron chi connectivity index (χ0n) is 9.91. The maximum absolute atomic E-state index is 12.7. The third kappa shape index (κ3) is 4.30. The topological polar surface area (TPSA) is 9.23 Å². The summed E-state index contributed by atoms with van der Waals surface area (Å²) in [5, 5.41) is 0. The van der Waals surface area contributed by atoms with E-state index in [4.69, 9.17) is 4.74 Å². The van der Waals surface area contributed by atoms with Crippen molar-refractivity contribution in [3.63, 3.8) is 0 Å². The molecule has 0 unspecified atom stereocenters. The van der Waals surface area contributed by atoms with Crippen LogP contribution in [0.4, 0.5) is 4.39 Å². The molecule has 0 aliphatic rings. The van der Waals surface area contributed by atoms with Crippen molar-refractivity contribution in [3.8, 4) is 5.75 Å². The molecule has 0 atom stereocenters. The van der Waals surface area contributed by atoms with Crippen molar-refractivity contribution in [2.75, 3.05) is 0 Å². The lowest BCUT2D eigenvalue weighted by Crippen LogP contribution is -1.95. The molecule has 0 bridgehead atoms. The molecule has 0 spiro atoms. The minimum atomic E-state index is -0.257. The molecular formula is C14H17FO. The van der Waals surface area contributed by atoms with Crippen LogP contribution in [-0.2, 0) is 0 Å². The number of halogens is 1. The first-order valence-corrected chi connectivity index (χ1v) is 5.39. The molecule has 0 amide bonds. The van der Waals surface area contributed by atoms with Crippen LogP contribution in [0.2, 0.25) is 0 Å². The largest absolute Gasteiger partial charge is 0.458 e. The molecule has 0 radical (unpaired) electrons. The Kier molecular flexibility index (Phi) is 4.77. The van der Waals surface area contributed by atoms with Gasteiger partial charge in [-0.1, -0.05) is 19.9 Å².